The normalized spacial score (nSPS) is 14.9. The zero-order valence-electron chi connectivity index (χ0n) is 12.7. The summed E-state index contributed by atoms with van der Waals surface area (Å²) in [6, 6.07) is 13.9. The molecule has 1 nitrogen and oxygen atoms in total. The second-order valence-corrected chi connectivity index (χ2v) is 6.07. The standard InChI is InChI=1S/C19H23N/c1-13-7-8-14(2)19(11-13)20-15(3)17-10-9-16-5-4-6-18(16)12-17/h7-12,15,20H,4-6H2,1-3H3. The molecule has 2 aromatic carbocycles. The molecule has 1 atom stereocenters. The maximum Gasteiger partial charge on any atom is 0.0485 e. The fraction of sp³-hybridized carbons (Fsp3) is 0.368. The van der Waals surface area contributed by atoms with Gasteiger partial charge in [-0.3, -0.25) is 0 Å². The van der Waals surface area contributed by atoms with Gasteiger partial charge in [-0.05, 0) is 73.9 Å². The average Bonchev–Trinajstić information content (AvgIpc) is 2.90. The Morgan fingerprint density at radius 2 is 1.75 bits per heavy atom. The highest BCUT2D eigenvalue weighted by atomic mass is 14.9. The van der Waals surface area contributed by atoms with Crippen molar-refractivity contribution in [3.05, 3.63) is 64.2 Å². The highest BCUT2D eigenvalue weighted by Crippen LogP contribution is 2.28. The summed E-state index contributed by atoms with van der Waals surface area (Å²) in [5.74, 6) is 0. The molecule has 0 saturated heterocycles. The van der Waals surface area contributed by atoms with Gasteiger partial charge in [0.15, 0.2) is 0 Å². The Balaban J connectivity index is 1.82. The van der Waals surface area contributed by atoms with E-state index in [4.69, 9.17) is 0 Å². The molecule has 0 radical (unpaired) electrons. The van der Waals surface area contributed by atoms with Crippen LogP contribution in [-0.4, -0.2) is 0 Å². The van der Waals surface area contributed by atoms with Crippen molar-refractivity contribution in [1.29, 1.82) is 0 Å². The van der Waals surface area contributed by atoms with E-state index in [9.17, 15) is 0 Å². The molecule has 20 heavy (non-hydrogen) atoms. The Hall–Kier alpha value is -1.76. The van der Waals surface area contributed by atoms with Crippen LogP contribution >= 0.6 is 0 Å². The molecule has 2 aromatic rings. The van der Waals surface area contributed by atoms with Crippen LogP contribution in [0.15, 0.2) is 36.4 Å². The first-order valence-corrected chi connectivity index (χ1v) is 7.59. The van der Waals surface area contributed by atoms with Gasteiger partial charge in [0, 0.05) is 11.7 Å². The molecule has 1 aliphatic carbocycles. The van der Waals surface area contributed by atoms with Gasteiger partial charge in [0.05, 0.1) is 0 Å². The maximum atomic E-state index is 3.66. The molecule has 104 valence electrons. The summed E-state index contributed by atoms with van der Waals surface area (Å²) < 4.78 is 0. The van der Waals surface area contributed by atoms with Crippen LogP contribution in [0.2, 0.25) is 0 Å². The third-order valence-corrected chi connectivity index (χ3v) is 4.39. The summed E-state index contributed by atoms with van der Waals surface area (Å²) in [7, 11) is 0. The van der Waals surface area contributed by atoms with Crippen molar-refractivity contribution in [3.63, 3.8) is 0 Å². The van der Waals surface area contributed by atoms with Gasteiger partial charge in [-0.2, -0.15) is 0 Å². The zero-order valence-corrected chi connectivity index (χ0v) is 12.7. The predicted octanol–water partition coefficient (Wildman–Crippen LogP) is 4.97. The molecule has 0 amide bonds. The van der Waals surface area contributed by atoms with Crippen molar-refractivity contribution in [2.75, 3.05) is 5.32 Å². The van der Waals surface area contributed by atoms with Crippen molar-refractivity contribution in [2.24, 2.45) is 0 Å². The molecule has 0 aliphatic heterocycles. The fourth-order valence-electron chi connectivity index (χ4n) is 3.07. The van der Waals surface area contributed by atoms with E-state index in [1.165, 1.54) is 41.6 Å². The van der Waals surface area contributed by atoms with E-state index < -0.39 is 0 Å². The molecule has 0 spiro atoms. The molecule has 1 unspecified atom stereocenters. The molecular formula is C19H23N. The van der Waals surface area contributed by atoms with Crippen LogP contribution in [-0.2, 0) is 12.8 Å². The van der Waals surface area contributed by atoms with E-state index >= 15 is 0 Å². The van der Waals surface area contributed by atoms with Crippen LogP contribution in [0.25, 0.3) is 0 Å². The minimum Gasteiger partial charge on any atom is -0.378 e. The molecule has 1 aliphatic rings. The lowest BCUT2D eigenvalue weighted by Gasteiger charge is -2.19. The lowest BCUT2D eigenvalue weighted by molar-refractivity contribution is 0.877. The quantitative estimate of drug-likeness (QED) is 0.826. The molecule has 1 N–H and O–H groups in total. The van der Waals surface area contributed by atoms with Crippen LogP contribution in [0.4, 0.5) is 5.69 Å². The summed E-state index contributed by atoms with van der Waals surface area (Å²) in [6.07, 6.45) is 3.82. The van der Waals surface area contributed by atoms with Crippen molar-refractivity contribution in [2.45, 2.75) is 46.1 Å². The maximum absolute atomic E-state index is 3.66. The van der Waals surface area contributed by atoms with Crippen LogP contribution in [0.5, 0.6) is 0 Å². The van der Waals surface area contributed by atoms with Gasteiger partial charge in [-0.25, -0.2) is 0 Å². The van der Waals surface area contributed by atoms with Crippen LogP contribution in [0.3, 0.4) is 0 Å². The van der Waals surface area contributed by atoms with Crippen molar-refractivity contribution >= 4 is 5.69 Å². The van der Waals surface area contributed by atoms with Crippen LogP contribution in [0.1, 0.15) is 47.2 Å². The van der Waals surface area contributed by atoms with E-state index in [1.807, 2.05) is 0 Å². The SMILES string of the molecule is Cc1ccc(C)c(NC(C)c2ccc3c(c2)CCC3)c1. The smallest absolute Gasteiger partial charge is 0.0485 e. The number of fused-ring (bicyclic) bond motifs is 1. The number of anilines is 1. The summed E-state index contributed by atoms with van der Waals surface area (Å²) in [5.41, 5.74) is 8.36. The summed E-state index contributed by atoms with van der Waals surface area (Å²) >= 11 is 0. The topological polar surface area (TPSA) is 12.0 Å². The Kier molecular flexibility index (Phi) is 3.52. The van der Waals surface area contributed by atoms with Gasteiger partial charge in [-0.1, -0.05) is 30.3 Å². The second kappa shape index (κ2) is 5.32. The highest BCUT2D eigenvalue weighted by molar-refractivity contribution is 5.54. The lowest BCUT2D eigenvalue weighted by atomic mass is 10.0. The Bertz CT molecular complexity index is 628. The summed E-state index contributed by atoms with van der Waals surface area (Å²) in [6.45, 7) is 6.56. The second-order valence-electron chi connectivity index (χ2n) is 6.07. The van der Waals surface area contributed by atoms with Crippen molar-refractivity contribution in [3.8, 4) is 0 Å². The Morgan fingerprint density at radius 1 is 0.950 bits per heavy atom. The first kappa shape index (κ1) is 13.2. The van der Waals surface area contributed by atoms with E-state index in [0.717, 1.165) is 0 Å². The van der Waals surface area contributed by atoms with Gasteiger partial charge in [0.2, 0.25) is 0 Å². The number of benzene rings is 2. The largest absolute Gasteiger partial charge is 0.378 e. The zero-order chi connectivity index (χ0) is 14.1. The number of nitrogens with one attached hydrogen (secondary N) is 1. The van der Waals surface area contributed by atoms with Gasteiger partial charge in [0.1, 0.15) is 0 Å². The number of hydrogen-bond donors (Lipinski definition) is 1. The van der Waals surface area contributed by atoms with Gasteiger partial charge < -0.3 is 5.32 Å². The van der Waals surface area contributed by atoms with Gasteiger partial charge >= 0.3 is 0 Å². The minimum absolute atomic E-state index is 0.349. The van der Waals surface area contributed by atoms with Gasteiger partial charge in [0.25, 0.3) is 0 Å². The first-order valence-electron chi connectivity index (χ1n) is 7.59. The average molecular weight is 265 g/mol. The minimum atomic E-state index is 0.349. The Morgan fingerprint density at radius 3 is 2.60 bits per heavy atom. The number of aryl methyl sites for hydroxylation is 4. The van der Waals surface area contributed by atoms with Crippen molar-refractivity contribution < 1.29 is 0 Å². The Labute approximate surface area is 122 Å². The van der Waals surface area contributed by atoms with Crippen LogP contribution in [0, 0.1) is 13.8 Å². The monoisotopic (exact) mass is 265 g/mol. The third kappa shape index (κ3) is 2.58. The molecule has 0 bridgehead atoms. The fourth-order valence-corrected chi connectivity index (χ4v) is 3.07. The van der Waals surface area contributed by atoms with Gasteiger partial charge in [-0.15, -0.1) is 0 Å². The molecule has 0 fully saturated rings. The van der Waals surface area contributed by atoms with E-state index in [0.29, 0.717) is 6.04 Å². The van der Waals surface area contributed by atoms with E-state index in [2.05, 4.69) is 62.5 Å². The third-order valence-electron chi connectivity index (χ3n) is 4.39. The van der Waals surface area contributed by atoms with E-state index in [-0.39, 0.29) is 0 Å². The molecule has 3 rings (SSSR count). The molecule has 0 aromatic heterocycles. The molecule has 1 heteroatoms. The molecule has 0 heterocycles. The molecular weight excluding hydrogens is 242 g/mol. The molecule has 0 saturated carbocycles. The predicted molar refractivity (Wildman–Crippen MR) is 86.4 cm³/mol. The van der Waals surface area contributed by atoms with Crippen molar-refractivity contribution in [1.82, 2.24) is 0 Å². The lowest BCUT2D eigenvalue weighted by Crippen LogP contribution is -2.08. The number of hydrogen-bond acceptors (Lipinski definition) is 1. The van der Waals surface area contributed by atoms with E-state index in [1.54, 1.807) is 11.1 Å². The summed E-state index contributed by atoms with van der Waals surface area (Å²) in [5, 5.41) is 3.66. The first-order chi connectivity index (χ1) is 9.63. The summed E-state index contributed by atoms with van der Waals surface area (Å²) in [4.78, 5) is 0. The number of rotatable bonds is 3. The van der Waals surface area contributed by atoms with Crippen LogP contribution < -0.4 is 5.32 Å². The highest BCUT2D eigenvalue weighted by Gasteiger charge is 2.13.